The van der Waals surface area contributed by atoms with Gasteiger partial charge in [0.05, 0.1) is 13.2 Å². The molecule has 0 spiro atoms. The molecule has 0 saturated carbocycles. The first-order valence-electron chi connectivity index (χ1n) is 5.62. The van der Waals surface area contributed by atoms with Crippen LogP contribution < -0.4 is 4.74 Å². The molecule has 1 fully saturated rings. The smallest absolute Gasteiger partial charge is 0.341 e. The van der Waals surface area contributed by atoms with Crippen LogP contribution in [-0.4, -0.2) is 35.4 Å². The highest BCUT2D eigenvalue weighted by Crippen LogP contribution is 2.21. The summed E-state index contributed by atoms with van der Waals surface area (Å²) < 4.78 is 10.9. The minimum Gasteiger partial charge on any atom is -0.477 e. The number of hydrogen-bond acceptors (Lipinski definition) is 4. The monoisotopic (exact) mass is 237 g/mol. The van der Waals surface area contributed by atoms with Crippen molar-refractivity contribution in [2.45, 2.75) is 25.9 Å². The van der Waals surface area contributed by atoms with E-state index in [2.05, 4.69) is 4.98 Å². The third-order valence-corrected chi connectivity index (χ3v) is 2.68. The largest absolute Gasteiger partial charge is 0.477 e. The van der Waals surface area contributed by atoms with Gasteiger partial charge in [-0.25, -0.2) is 9.78 Å². The molecule has 2 heterocycles. The Morgan fingerprint density at radius 1 is 1.47 bits per heavy atom. The lowest BCUT2D eigenvalue weighted by atomic mass is 10.1. The summed E-state index contributed by atoms with van der Waals surface area (Å²) in [4.78, 5) is 15.2. The number of aryl methyl sites for hydroxylation is 1. The van der Waals surface area contributed by atoms with Crippen molar-refractivity contribution in [2.75, 3.05) is 13.2 Å². The highest BCUT2D eigenvalue weighted by atomic mass is 16.5. The first kappa shape index (κ1) is 11.9. The summed E-state index contributed by atoms with van der Waals surface area (Å²) in [6.07, 6.45) is 1.54. The summed E-state index contributed by atoms with van der Waals surface area (Å²) in [6.45, 7) is 3.11. The van der Waals surface area contributed by atoms with Crippen LogP contribution in [0.25, 0.3) is 0 Å². The van der Waals surface area contributed by atoms with Gasteiger partial charge in [0.2, 0.25) is 5.88 Å². The summed E-state index contributed by atoms with van der Waals surface area (Å²) in [5.41, 5.74) is 0.860. The average Bonchev–Trinajstić information content (AvgIpc) is 2.30. The lowest BCUT2D eigenvalue weighted by molar-refractivity contribution is 0.0229. The predicted molar refractivity (Wildman–Crippen MR) is 60.4 cm³/mol. The van der Waals surface area contributed by atoms with Crippen LogP contribution in [-0.2, 0) is 4.74 Å². The summed E-state index contributed by atoms with van der Waals surface area (Å²) >= 11 is 0. The van der Waals surface area contributed by atoms with Crippen molar-refractivity contribution in [3.63, 3.8) is 0 Å². The number of hydrogen-bond donors (Lipinski definition) is 1. The normalized spacial score (nSPS) is 16.8. The lowest BCUT2D eigenvalue weighted by Gasteiger charge is -2.23. The molecule has 1 N–H and O–H groups in total. The highest BCUT2D eigenvalue weighted by Gasteiger charge is 2.20. The summed E-state index contributed by atoms with van der Waals surface area (Å²) in [5, 5.41) is 9.04. The van der Waals surface area contributed by atoms with Gasteiger partial charge < -0.3 is 14.6 Å². The number of ether oxygens (including phenoxy) is 2. The standard InChI is InChI=1S/C12H15NO4/c1-8-2-3-10(12(14)15)11(13-8)17-9-4-6-16-7-5-9/h2-3,9H,4-7H2,1H3,(H,14,15). The second-order valence-electron chi connectivity index (χ2n) is 4.04. The van der Waals surface area contributed by atoms with Crippen molar-refractivity contribution in [3.8, 4) is 5.88 Å². The molecule has 1 aromatic rings. The molecule has 1 aromatic heterocycles. The van der Waals surface area contributed by atoms with Crippen LogP contribution in [0.15, 0.2) is 12.1 Å². The SMILES string of the molecule is Cc1ccc(C(=O)O)c(OC2CCOCC2)n1. The first-order chi connectivity index (χ1) is 8.16. The second-order valence-corrected chi connectivity index (χ2v) is 4.04. The van der Waals surface area contributed by atoms with E-state index in [-0.39, 0.29) is 17.5 Å². The fourth-order valence-electron chi connectivity index (χ4n) is 1.74. The molecular formula is C12H15NO4. The Kier molecular flexibility index (Phi) is 3.58. The molecule has 0 atom stereocenters. The van der Waals surface area contributed by atoms with Crippen LogP contribution in [0.4, 0.5) is 0 Å². The molecule has 0 bridgehead atoms. The molecule has 0 amide bonds. The Balaban J connectivity index is 2.17. The first-order valence-corrected chi connectivity index (χ1v) is 5.62. The van der Waals surface area contributed by atoms with Crippen molar-refractivity contribution in [1.82, 2.24) is 4.98 Å². The van der Waals surface area contributed by atoms with E-state index in [9.17, 15) is 4.79 Å². The van der Waals surface area contributed by atoms with Gasteiger partial charge in [-0.2, -0.15) is 0 Å². The fraction of sp³-hybridized carbons (Fsp3) is 0.500. The van der Waals surface area contributed by atoms with Crippen molar-refractivity contribution in [1.29, 1.82) is 0 Å². The number of nitrogens with zero attached hydrogens (tertiary/aromatic N) is 1. The Bertz CT molecular complexity index is 413. The molecule has 5 nitrogen and oxygen atoms in total. The summed E-state index contributed by atoms with van der Waals surface area (Å²) in [5.74, 6) is -0.802. The Morgan fingerprint density at radius 3 is 2.82 bits per heavy atom. The molecule has 0 unspecified atom stereocenters. The molecule has 5 heteroatoms. The topological polar surface area (TPSA) is 68.7 Å². The van der Waals surface area contributed by atoms with Crippen LogP contribution in [0.1, 0.15) is 28.9 Å². The Labute approximate surface area is 99.4 Å². The molecule has 0 radical (unpaired) electrons. The number of carboxylic acid groups (broad SMARTS) is 1. The van der Waals surface area contributed by atoms with Crippen molar-refractivity contribution in [3.05, 3.63) is 23.4 Å². The summed E-state index contributed by atoms with van der Waals surface area (Å²) in [7, 11) is 0. The van der Waals surface area contributed by atoms with Crippen LogP contribution >= 0.6 is 0 Å². The Hall–Kier alpha value is -1.62. The van der Waals surface area contributed by atoms with Crippen LogP contribution in [0, 0.1) is 6.92 Å². The average molecular weight is 237 g/mol. The quantitative estimate of drug-likeness (QED) is 0.865. The number of aromatic nitrogens is 1. The predicted octanol–water partition coefficient (Wildman–Crippen LogP) is 1.65. The molecule has 1 aliphatic rings. The van der Waals surface area contributed by atoms with E-state index >= 15 is 0 Å². The molecular weight excluding hydrogens is 222 g/mol. The van der Waals surface area contributed by atoms with E-state index in [0.717, 1.165) is 18.5 Å². The van der Waals surface area contributed by atoms with Crippen molar-refractivity contribution >= 4 is 5.97 Å². The maximum absolute atomic E-state index is 11.0. The molecule has 0 aromatic carbocycles. The minimum absolute atomic E-state index is 0.00356. The van der Waals surface area contributed by atoms with E-state index < -0.39 is 5.97 Å². The van der Waals surface area contributed by atoms with E-state index in [1.807, 2.05) is 6.92 Å². The van der Waals surface area contributed by atoms with E-state index in [1.54, 1.807) is 6.07 Å². The van der Waals surface area contributed by atoms with Gasteiger partial charge in [-0.1, -0.05) is 0 Å². The fourth-order valence-corrected chi connectivity index (χ4v) is 1.74. The molecule has 92 valence electrons. The highest BCUT2D eigenvalue weighted by molar-refractivity contribution is 5.90. The van der Waals surface area contributed by atoms with Crippen molar-refractivity contribution in [2.24, 2.45) is 0 Å². The Morgan fingerprint density at radius 2 is 2.18 bits per heavy atom. The van der Waals surface area contributed by atoms with Crippen LogP contribution in [0.2, 0.25) is 0 Å². The number of rotatable bonds is 3. The minimum atomic E-state index is -1.01. The maximum atomic E-state index is 11.0. The molecule has 0 aliphatic carbocycles. The van der Waals surface area contributed by atoms with Gasteiger partial charge in [0.25, 0.3) is 0 Å². The van der Waals surface area contributed by atoms with E-state index in [1.165, 1.54) is 6.07 Å². The zero-order valence-electron chi connectivity index (χ0n) is 9.68. The van der Waals surface area contributed by atoms with Crippen molar-refractivity contribution < 1.29 is 19.4 Å². The third-order valence-electron chi connectivity index (χ3n) is 2.68. The molecule has 17 heavy (non-hydrogen) atoms. The molecule has 1 saturated heterocycles. The van der Waals surface area contributed by atoms with Crippen LogP contribution in [0.5, 0.6) is 5.88 Å². The molecule has 2 rings (SSSR count). The van der Waals surface area contributed by atoms with Gasteiger partial charge in [0.1, 0.15) is 11.7 Å². The van der Waals surface area contributed by atoms with E-state index in [0.29, 0.717) is 13.2 Å². The lowest BCUT2D eigenvalue weighted by Crippen LogP contribution is -2.27. The maximum Gasteiger partial charge on any atom is 0.341 e. The number of pyridine rings is 1. The third kappa shape index (κ3) is 2.94. The van der Waals surface area contributed by atoms with Crippen LogP contribution in [0.3, 0.4) is 0 Å². The number of carbonyl (C=O) groups is 1. The number of carboxylic acids is 1. The zero-order chi connectivity index (χ0) is 12.3. The zero-order valence-corrected chi connectivity index (χ0v) is 9.68. The van der Waals surface area contributed by atoms with E-state index in [4.69, 9.17) is 14.6 Å². The van der Waals surface area contributed by atoms with Gasteiger partial charge in [-0.3, -0.25) is 0 Å². The van der Waals surface area contributed by atoms with Gasteiger partial charge in [-0.15, -0.1) is 0 Å². The van der Waals surface area contributed by atoms with Gasteiger partial charge in [0, 0.05) is 18.5 Å². The van der Waals surface area contributed by atoms with Gasteiger partial charge in [-0.05, 0) is 19.1 Å². The molecule has 1 aliphatic heterocycles. The summed E-state index contributed by atoms with van der Waals surface area (Å²) in [6, 6.07) is 3.19. The van der Waals surface area contributed by atoms with Gasteiger partial charge >= 0.3 is 5.97 Å². The van der Waals surface area contributed by atoms with Gasteiger partial charge in [0.15, 0.2) is 0 Å². The number of aromatic carboxylic acids is 1. The second kappa shape index (κ2) is 5.14.